The third-order valence-corrected chi connectivity index (χ3v) is 4.15. The molecule has 1 aromatic heterocycles. The summed E-state index contributed by atoms with van der Waals surface area (Å²) in [5.41, 5.74) is 1.48. The highest BCUT2D eigenvalue weighted by atomic mass is 35.5. The van der Waals surface area contributed by atoms with E-state index < -0.39 is 11.9 Å². The second-order valence-electron chi connectivity index (χ2n) is 5.68. The van der Waals surface area contributed by atoms with Crippen molar-refractivity contribution in [3.63, 3.8) is 0 Å². The lowest BCUT2D eigenvalue weighted by molar-refractivity contribution is -0.113. The molecule has 1 aliphatic rings. The Kier molecular flexibility index (Phi) is 4.07. The summed E-state index contributed by atoms with van der Waals surface area (Å²) in [6, 6.07) is 19.2. The zero-order chi connectivity index (χ0) is 18.1. The van der Waals surface area contributed by atoms with E-state index in [1.807, 2.05) is 36.4 Å². The Bertz CT molecular complexity index is 1020. The van der Waals surface area contributed by atoms with Crippen molar-refractivity contribution in [2.45, 2.75) is 0 Å². The zero-order valence-electron chi connectivity index (χ0n) is 13.5. The van der Waals surface area contributed by atoms with Crippen LogP contribution in [0, 0.1) is 0 Å². The molecule has 2 heterocycles. The average Bonchev–Trinajstić information content (AvgIpc) is 3.21. The van der Waals surface area contributed by atoms with Crippen molar-refractivity contribution in [3.8, 4) is 11.3 Å². The number of imide groups is 1. The van der Waals surface area contributed by atoms with Gasteiger partial charge in [-0.15, -0.1) is 0 Å². The number of amides is 3. The fourth-order valence-electron chi connectivity index (χ4n) is 2.72. The molecule has 3 amide bonds. The van der Waals surface area contributed by atoms with E-state index in [0.717, 1.165) is 10.5 Å². The van der Waals surface area contributed by atoms with Crippen molar-refractivity contribution in [1.29, 1.82) is 0 Å². The van der Waals surface area contributed by atoms with E-state index >= 15 is 0 Å². The largest absolute Gasteiger partial charge is 0.457 e. The van der Waals surface area contributed by atoms with Gasteiger partial charge >= 0.3 is 6.03 Å². The SMILES string of the molecule is O=C1NC(=Cc2ccc(-c3ccccc3)o2)C(=O)N1c1cccc(Cl)c1. The standard InChI is InChI=1S/C20H13ClN2O3/c21-14-7-4-8-15(11-14)23-19(24)17(22-20(23)25)12-16-9-10-18(26-16)13-5-2-1-3-6-13/h1-12H,(H,22,25). The molecule has 0 aliphatic carbocycles. The number of nitrogens with zero attached hydrogens (tertiary/aromatic N) is 1. The molecule has 0 radical (unpaired) electrons. The quantitative estimate of drug-likeness (QED) is 0.541. The van der Waals surface area contributed by atoms with Crippen LogP contribution in [0.15, 0.2) is 76.8 Å². The third kappa shape index (κ3) is 3.00. The van der Waals surface area contributed by atoms with E-state index in [0.29, 0.717) is 22.2 Å². The van der Waals surface area contributed by atoms with Crippen molar-refractivity contribution in [2.75, 3.05) is 4.90 Å². The number of rotatable bonds is 3. The summed E-state index contributed by atoms with van der Waals surface area (Å²) in [4.78, 5) is 25.8. The first-order chi connectivity index (χ1) is 12.6. The molecular weight excluding hydrogens is 352 g/mol. The molecule has 1 fully saturated rings. The molecule has 5 nitrogen and oxygen atoms in total. The minimum atomic E-state index is -0.529. The molecule has 128 valence electrons. The van der Waals surface area contributed by atoms with Crippen molar-refractivity contribution >= 4 is 35.3 Å². The summed E-state index contributed by atoms with van der Waals surface area (Å²) in [6.45, 7) is 0. The predicted octanol–water partition coefficient (Wildman–Crippen LogP) is 4.70. The topological polar surface area (TPSA) is 62.6 Å². The van der Waals surface area contributed by atoms with Crippen LogP contribution in [0.25, 0.3) is 17.4 Å². The second-order valence-corrected chi connectivity index (χ2v) is 6.11. The maximum atomic E-state index is 12.6. The van der Waals surface area contributed by atoms with Gasteiger partial charge < -0.3 is 9.73 Å². The molecule has 1 saturated heterocycles. The molecule has 6 heteroatoms. The van der Waals surface area contributed by atoms with Gasteiger partial charge in [0.25, 0.3) is 5.91 Å². The molecular formula is C20H13ClN2O3. The Morgan fingerprint density at radius 1 is 0.962 bits per heavy atom. The van der Waals surface area contributed by atoms with Crippen LogP contribution in [0.5, 0.6) is 0 Å². The summed E-state index contributed by atoms with van der Waals surface area (Å²) < 4.78 is 5.76. The number of carbonyl (C=O) groups excluding carboxylic acids is 2. The molecule has 0 unspecified atom stereocenters. The van der Waals surface area contributed by atoms with Crippen molar-refractivity contribution in [1.82, 2.24) is 5.32 Å². The molecule has 1 N–H and O–H groups in total. The summed E-state index contributed by atoms with van der Waals surface area (Å²) in [7, 11) is 0. The number of carbonyl (C=O) groups is 2. The normalized spacial score (nSPS) is 15.6. The summed E-state index contributed by atoms with van der Waals surface area (Å²) >= 11 is 5.95. The van der Waals surface area contributed by atoms with Gasteiger partial charge in [0.1, 0.15) is 17.2 Å². The van der Waals surface area contributed by atoms with E-state index in [4.69, 9.17) is 16.0 Å². The Labute approximate surface area is 154 Å². The Morgan fingerprint density at radius 2 is 1.77 bits per heavy atom. The van der Waals surface area contributed by atoms with E-state index in [1.54, 1.807) is 30.3 Å². The number of hydrogen-bond donors (Lipinski definition) is 1. The molecule has 0 bridgehead atoms. The van der Waals surface area contributed by atoms with E-state index in [1.165, 1.54) is 6.08 Å². The number of benzene rings is 2. The van der Waals surface area contributed by atoms with E-state index in [9.17, 15) is 9.59 Å². The lowest BCUT2D eigenvalue weighted by Crippen LogP contribution is -2.30. The van der Waals surface area contributed by atoms with Crippen molar-refractivity contribution < 1.29 is 14.0 Å². The molecule has 0 atom stereocenters. The first-order valence-corrected chi connectivity index (χ1v) is 8.27. The minimum absolute atomic E-state index is 0.143. The highest BCUT2D eigenvalue weighted by Crippen LogP contribution is 2.26. The number of hydrogen-bond acceptors (Lipinski definition) is 3. The Hall–Kier alpha value is -3.31. The smallest absolute Gasteiger partial charge is 0.333 e. The molecule has 0 spiro atoms. The highest BCUT2D eigenvalue weighted by molar-refractivity contribution is 6.32. The summed E-state index contributed by atoms with van der Waals surface area (Å²) in [5.74, 6) is 0.691. The van der Waals surface area contributed by atoms with Crippen LogP contribution >= 0.6 is 11.6 Å². The van der Waals surface area contributed by atoms with Gasteiger partial charge in [-0.3, -0.25) is 4.79 Å². The van der Waals surface area contributed by atoms with Gasteiger partial charge in [0, 0.05) is 16.7 Å². The lowest BCUT2D eigenvalue weighted by Gasteiger charge is -2.11. The van der Waals surface area contributed by atoms with Crippen LogP contribution in [0.3, 0.4) is 0 Å². The van der Waals surface area contributed by atoms with Gasteiger partial charge in [-0.1, -0.05) is 48.0 Å². The first-order valence-electron chi connectivity index (χ1n) is 7.90. The first kappa shape index (κ1) is 16.2. The average molecular weight is 365 g/mol. The number of urea groups is 1. The van der Waals surface area contributed by atoms with Gasteiger partial charge in [0.15, 0.2) is 0 Å². The van der Waals surface area contributed by atoms with Gasteiger partial charge in [-0.25, -0.2) is 9.69 Å². The van der Waals surface area contributed by atoms with Gasteiger partial charge in [0.2, 0.25) is 0 Å². The van der Waals surface area contributed by atoms with Crippen LogP contribution in [0.4, 0.5) is 10.5 Å². The maximum absolute atomic E-state index is 12.6. The molecule has 3 aromatic rings. The molecule has 0 saturated carbocycles. The second kappa shape index (κ2) is 6.54. The van der Waals surface area contributed by atoms with Crippen LogP contribution in [0.1, 0.15) is 5.76 Å². The zero-order valence-corrected chi connectivity index (χ0v) is 14.2. The van der Waals surface area contributed by atoms with Crippen molar-refractivity contribution in [3.05, 3.63) is 83.2 Å². The highest BCUT2D eigenvalue weighted by Gasteiger charge is 2.35. The fourth-order valence-corrected chi connectivity index (χ4v) is 2.90. The molecule has 4 rings (SSSR count). The lowest BCUT2D eigenvalue weighted by atomic mass is 10.2. The van der Waals surface area contributed by atoms with Gasteiger partial charge in [-0.05, 0) is 30.3 Å². The van der Waals surface area contributed by atoms with Gasteiger partial charge in [0.05, 0.1) is 5.69 Å². The van der Waals surface area contributed by atoms with E-state index in [2.05, 4.69) is 5.32 Å². The van der Waals surface area contributed by atoms with Crippen LogP contribution in [0.2, 0.25) is 5.02 Å². The predicted molar refractivity (Wildman–Crippen MR) is 99.6 cm³/mol. The molecule has 2 aromatic carbocycles. The van der Waals surface area contributed by atoms with Crippen LogP contribution in [-0.4, -0.2) is 11.9 Å². The van der Waals surface area contributed by atoms with E-state index in [-0.39, 0.29) is 5.70 Å². The molecule has 26 heavy (non-hydrogen) atoms. The Morgan fingerprint density at radius 3 is 2.54 bits per heavy atom. The number of furan rings is 1. The fraction of sp³-hybridized carbons (Fsp3) is 0. The van der Waals surface area contributed by atoms with Crippen LogP contribution in [-0.2, 0) is 4.79 Å². The minimum Gasteiger partial charge on any atom is -0.457 e. The number of halogens is 1. The van der Waals surface area contributed by atoms with Crippen LogP contribution < -0.4 is 10.2 Å². The monoisotopic (exact) mass is 364 g/mol. The number of nitrogens with one attached hydrogen (secondary N) is 1. The Balaban J connectivity index is 1.62. The maximum Gasteiger partial charge on any atom is 0.333 e. The third-order valence-electron chi connectivity index (χ3n) is 3.92. The summed E-state index contributed by atoms with van der Waals surface area (Å²) in [6.07, 6.45) is 1.51. The van der Waals surface area contributed by atoms with Gasteiger partial charge in [-0.2, -0.15) is 0 Å². The summed E-state index contributed by atoms with van der Waals surface area (Å²) in [5, 5.41) is 3.01. The molecule has 1 aliphatic heterocycles. The number of anilines is 1. The van der Waals surface area contributed by atoms with Crippen molar-refractivity contribution in [2.24, 2.45) is 0 Å².